The minimum atomic E-state index is 0.599. The Kier molecular flexibility index (Phi) is 1.73. The first-order valence-corrected chi connectivity index (χ1v) is 3.90. The van der Waals surface area contributed by atoms with E-state index in [9.17, 15) is 0 Å². The average molecular weight is 175 g/mol. The van der Waals surface area contributed by atoms with Crippen LogP contribution in [0, 0.1) is 6.92 Å². The van der Waals surface area contributed by atoms with Crippen LogP contribution in [-0.2, 0) is 0 Å². The summed E-state index contributed by atoms with van der Waals surface area (Å²) in [7, 11) is 0. The van der Waals surface area contributed by atoms with Crippen LogP contribution < -0.4 is 5.73 Å². The zero-order valence-corrected chi connectivity index (χ0v) is 7.19. The van der Waals surface area contributed by atoms with Crippen LogP contribution >= 0.6 is 0 Å². The van der Waals surface area contributed by atoms with Crippen molar-refractivity contribution in [2.75, 3.05) is 5.73 Å². The molecule has 0 amide bonds. The van der Waals surface area contributed by atoms with Gasteiger partial charge in [-0.05, 0) is 19.1 Å². The van der Waals surface area contributed by atoms with Crippen molar-refractivity contribution in [2.45, 2.75) is 6.92 Å². The van der Waals surface area contributed by atoms with Gasteiger partial charge in [0, 0.05) is 6.20 Å². The molecule has 0 saturated carbocycles. The fourth-order valence-electron chi connectivity index (χ4n) is 1.14. The molecule has 0 aliphatic rings. The molecule has 0 fully saturated rings. The number of nitrogen functional groups attached to an aromatic ring is 1. The molecule has 2 rings (SSSR count). The second-order valence-corrected chi connectivity index (χ2v) is 2.71. The predicted molar refractivity (Wildman–Crippen MR) is 48.9 cm³/mol. The van der Waals surface area contributed by atoms with Gasteiger partial charge in [0.25, 0.3) is 0 Å². The molecule has 0 bridgehead atoms. The molecule has 0 aliphatic heterocycles. The Morgan fingerprint density at radius 1 is 1.38 bits per heavy atom. The fourth-order valence-corrected chi connectivity index (χ4v) is 1.14. The normalized spacial score (nSPS) is 10.2. The Morgan fingerprint density at radius 3 is 2.85 bits per heavy atom. The van der Waals surface area contributed by atoms with Gasteiger partial charge in [0.15, 0.2) is 12.2 Å². The summed E-state index contributed by atoms with van der Waals surface area (Å²) in [6.07, 6.45) is 3.06. The second kappa shape index (κ2) is 2.90. The lowest BCUT2D eigenvalue weighted by atomic mass is 10.2. The number of anilines is 1. The van der Waals surface area contributed by atoms with Crippen LogP contribution in [-0.4, -0.2) is 9.97 Å². The number of hydrogen-bond acceptors (Lipinski definition) is 4. The van der Waals surface area contributed by atoms with Crippen LogP contribution in [0.2, 0.25) is 0 Å². The molecule has 2 N–H and O–H groups in total. The van der Waals surface area contributed by atoms with E-state index in [2.05, 4.69) is 9.97 Å². The van der Waals surface area contributed by atoms with E-state index < -0.39 is 0 Å². The van der Waals surface area contributed by atoms with Gasteiger partial charge in [0.1, 0.15) is 5.69 Å². The number of aryl methyl sites for hydroxylation is 1. The minimum Gasteiger partial charge on any atom is -0.441 e. The van der Waals surface area contributed by atoms with Crippen LogP contribution in [0.15, 0.2) is 29.1 Å². The van der Waals surface area contributed by atoms with Crippen LogP contribution in [0.5, 0.6) is 0 Å². The lowest BCUT2D eigenvalue weighted by Crippen LogP contribution is -1.92. The smallest absolute Gasteiger partial charge is 0.181 e. The van der Waals surface area contributed by atoms with Crippen molar-refractivity contribution in [3.63, 3.8) is 0 Å². The maximum absolute atomic E-state index is 5.73. The van der Waals surface area contributed by atoms with Crippen LogP contribution in [0.1, 0.15) is 5.69 Å². The Labute approximate surface area is 75.4 Å². The van der Waals surface area contributed by atoms with E-state index in [-0.39, 0.29) is 0 Å². The van der Waals surface area contributed by atoms with E-state index in [1.165, 1.54) is 6.39 Å². The van der Waals surface area contributed by atoms with Crippen molar-refractivity contribution < 1.29 is 4.42 Å². The Bertz CT molecular complexity index is 422. The zero-order chi connectivity index (χ0) is 9.26. The summed E-state index contributed by atoms with van der Waals surface area (Å²) >= 11 is 0. The molecule has 0 radical (unpaired) electrons. The van der Waals surface area contributed by atoms with E-state index in [0.717, 1.165) is 5.69 Å². The minimum absolute atomic E-state index is 0.599. The molecule has 2 aromatic heterocycles. The van der Waals surface area contributed by atoms with Crippen molar-refractivity contribution in [2.24, 2.45) is 0 Å². The molecule has 0 aliphatic carbocycles. The quantitative estimate of drug-likeness (QED) is 0.715. The fraction of sp³-hybridized carbons (Fsp3) is 0.111. The molecular weight excluding hydrogens is 166 g/mol. The molecule has 0 atom stereocenters. The van der Waals surface area contributed by atoms with Gasteiger partial charge in [-0.1, -0.05) is 0 Å². The molecule has 0 spiro atoms. The molecule has 4 heteroatoms. The highest BCUT2D eigenvalue weighted by molar-refractivity contribution is 5.69. The predicted octanol–water partition coefficient (Wildman–Crippen LogP) is 1.63. The summed E-state index contributed by atoms with van der Waals surface area (Å²) in [4.78, 5) is 8.09. The van der Waals surface area contributed by atoms with E-state index in [4.69, 9.17) is 10.2 Å². The number of pyridine rings is 1. The Morgan fingerprint density at radius 2 is 2.23 bits per heavy atom. The zero-order valence-electron chi connectivity index (χ0n) is 7.19. The van der Waals surface area contributed by atoms with Gasteiger partial charge in [-0.25, -0.2) is 4.98 Å². The van der Waals surface area contributed by atoms with Gasteiger partial charge in [-0.2, -0.15) is 0 Å². The number of hydrogen-bond donors (Lipinski definition) is 1. The van der Waals surface area contributed by atoms with Crippen molar-refractivity contribution in [3.8, 4) is 11.5 Å². The first kappa shape index (κ1) is 7.79. The molecule has 0 aromatic carbocycles. The monoisotopic (exact) mass is 175 g/mol. The van der Waals surface area contributed by atoms with Crippen molar-refractivity contribution >= 4 is 5.69 Å². The number of rotatable bonds is 1. The number of oxazole rings is 1. The second-order valence-electron chi connectivity index (χ2n) is 2.71. The summed E-state index contributed by atoms with van der Waals surface area (Å²) in [5.41, 5.74) is 7.78. The molecule has 2 heterocycles. The van der Waals surface area contributed by atoms with E-state index in [0.29, 0.717) is 17.1 Å². The maximum Gasteiger partial charge on any atom is 0.181 e. The first-order valence-electron chi connectivity index (χ1n) is 3.90. The highest BCUT2D eigenvalue weighted by Crippen LogP contribution is 2.24. The van der Waals surface area contributed by atoms with Gasteiger partial charge < -0.3 is 10.2 Å². The summed E-state index contributed by atoms with van der Waals surface area (Å²) < 4.78 is 5.18. The lowest BCUT2D eigenvalue weighted by molar-refractivity contribution is 0.569. The molecule has 4 nitrogen and oxygen atoms in total. The topological polar surface area (TPSA) is 64.9 Å². The van der Waals surface area contributed by atoms with Gasteiger partial charge in [0.05, 0.1) is 11.4 Å². The van der Waals surface area contributed by atoms with Crippen molar-refractivity contribution in [1.82, 2.24) is 9.97 Å². The van der Waals surface area contributed by atoms with Crippen molar-refractivity contribution in [3.05, 3.63) is 30.4 Å². The molecule has 2 aromatic rings. The molecule has 66 valence electrons. The number of nitrogens with two attached hydrogens (primary N) is 1. The number of nitrogens with zero attached hydrogens (tertiary/aromatic N) is 2. The van der Waals surface area contributed by atoms with Crippen LogP contribution in [0.4, 0.5) is 5.69 Å². The summed E-state index contributed by atoms with van der Waals surface area (Å²) in [6, 6.07) is 3.56. The summed E-state index contributed by atoms with van der Waals surface area (Å²) in [5.74, 6) is 0.637. The third-order valence-electron chi connectivity index (χ3n) is 1.80. The van der Waals surface area contributed by atoms with Crippen LogP contribution in [0.25, 0.3) is 11.5 Å². The van der Waals surface area contributed by atoms with E-state index >= 15 is 0 Å². The van der Waals surface area contributed by atoms with Gasteiger partial charge >= 0.3 is 0 Å². The summed E-state index contributed by atoms with van der Waals surface area (Å²) in [5, 5.41) is 0. The van der Waals surface area contributed by atoms with Gasteiger partial charge in [-0.3, -0.25) is 4.98 Å². The first-order chi connectivity index (χ1) is 6.29. The number of aromatic nitrogens is 2. The van der Waals surface area contributed by atoms with Crippen LogP contribution in [0.3, 0.4) is 0 Å². The molecule has 0 saturated heterocycles. The molecule has 0 unspecified atom stereocenters. The Hall–Kier alpha value is -1.84. The highest BCUT2D eigenvalue weighted by Gasteiger charge is 2.10. The SMILES string of the molecule is Cc1ncoc1-c1ncccc1N. The maximum atomic E-state index is 5.73. The van der Waals surface area contributed by atoms with E-state index in [1.54, 1.807) is 18.3 Å². The standard InChI is InChI=1S/C9H9N3O/c1-6-9(13-5-12-6)8-7(10)3-2-4-11-8/h2-5H,10H2,1H3. The molecular formula is C9H9N3O. The third kappa shape index (κ3) is 1.26. The lowest BCUT2D eigenvalue weighted by Gasteiger charge is -1.99. The largest absolute Gasteiger partial charge is 0.441 e. The summed E-state index contributed by atoms with van der Waals surface area (Å²) in [6.45, 7) is 1.85. The average Bonchev–Trinajstić information content (AvgIpc) is 2.52. The highest BCUT2D eigenvalue weighted by atomic mass is 16.3. The van der Waals surface area contributed by atoms with Gasteiger partial charge in [0.2, 0.25) is 0 Å². The molecule has 13 heavy (non-hydrogen) atoms. The van der Waals surface area contributed by atoms with Crippen molar-refractivity contribution in [1.29, 1.82) is 0 Å². The van der Waals surface area contributed by atoms with E-state index in [1.807, 2.05) is 6.92 Å². The van der Waals surface area contributed by atoms with Gasteiger partial charge in [-0.15, -0.1) is 0 Å². The third-order valence-corrected chi connectivity index (χ3v) is 1.80. The Balaban J connectivity index is 2.59.